The number of anilines is 1. The number of hydrogen-bond donors (Lipinski definition) is 5. The van der Waals surface area contributed by atoms with E-state index in [9.17, 15) is 20.1 Å². The van der Waals surface area contributed by atoms with Gasteiger partial charge in [0.2, 0.25) is 0 Å². The maximum Gasteiger partial charge on any atom is 0.339 e. The van der Waals surface area contributed by atoms with Crippen LogP contribution in [0.5, 0.6) is 0 Å². The van der Waals surface area contributed by atoms with Gasteiger partial charge in [-0.05, 0) is 31.5 Å². The summed E-state index contributed by atoms with van der Waals surface area (Å²) in [5, 5.41) is 42.9. The van der Waals surface area contributed by atoms with E-state index in [1.54, 1.807) is 25.1 Å². The standard InChI is InChI=1S/C17H21NO7/c1-7-8(2)16(22)24-11-5-9(3-4-10(7)11)18-13-15(21)14(20)12(6-19)25-17(13)23/h3-5,12-15,17-21,23H,6H2,1-2H3/t12?,13?,14-,15-,17-/m0/s1. The van der Waals surface area contributed by atoms with Crippen molar-refractivity contribution in [2.24, 2.45) is 0 Å². The van der Waals surface area contributed by atoms with E-state index >= 15 is 0 Å². The summed E-state index contributed by atoms with van der Waals surface area (Å²) in [7, 11) is 0. The molecule has 8 nitrogen and oxygen atoms in total. The first-order valence-corrected chi connectivity index (χ1v) is 7.94. The van der Waals surface area contributed by atoms with Crippen LogP contribution in [0.2, 0.25) is 0 Å². The monoisotopic (exact) mass is 351 g/mol. The first-order valence-electron chi connectivity index (χ1n) is 7.94. The van der Waals surface area contributed by atoms with Crippen molar-refractivity contribution in [2.75, 3.05) is 11.9 Å². The van der Waals surface area contributed by atoms with Crippen LogP contribution in [0.1, 0.15) is 11.1 Å². The van der Waals surface area contributed by atoms with Gasteiger partial charge in [-0.2, -0.15) is 0 Å². The van der Waals surface area contributed by atoms with E-state index in [-0.39, 0.29) is 0 Å². The fourth-order valence-electron chi connectivity index (χ4n) is 2.98. The molecule has 3 rings (SSSR count). The zero-order valence-electron chi connectivity index (χ0n) is 13.8. The van der Waals surface area contributed by atoms with Crippen molar-refractivity contribution in [1.82, 2.24) is 0 Å². The molecule has 0 amide bonds. The third kappa shape index (κ3) is 3.14. The third-order valence-electron chi connectivity index (χ3n) is 4.69. The third-order valence-corrected chi connectivity index (χ3v) is 4.69. The minimum absolute atomic E-state index is 0.368. The lowest BCUT2D eigenvalue weighted by atomic mass is 9.96. The molecule has 1 fully saturated rings. The Morgan fingerprint density at radius 1 is 1.12 bits per heavy atom. The summed E-state index contributed by atoms with van der Waals surface area (Å²) >= 11 is 0. The number of rotatable bonds is 3. The van der Waals surface area contributed by atoms with Crippen molar-refractivity contribution in [3.05, 3.63) is 39.7 Å². The molecular formula is C17H21NO7. The average Bonchev–Trinajstić information content (AvgIpc) is 2.59. The van der Waals surface area contributed by atoms with E-state index in [4.69, 9.17) is 14.3 Å². The zero-order chi connectivity index (χ0) is 18.3. The molecule has 1 aromatic heterocycles. The maximum absolute atomic E-state index is 11.8. The number of fused-ring (bicyclic) bond motifs is 1. The molecule has 25 heavy (non-hydrogen) atoms. The molecule has 0 bridgehead atoms. The highest BCUT2D eigenvalue weighted by atomic mass is 16.6. The molecule has 2 heterocycles. The highest BCUT2D eigenvalue weighted by molar-refractivity contribution is 5.84. The fraction of sp³-hybridized carbons (Fsp3) is 0.471. The van der Waals surface area contributed by atoms with Gasteiger partial charge in [-0.25, -0.2) is 4.79 Å². The summed E-state index contributed by atoms with van der Waals surface area (Å²) in [5.41, 5.74) is 1.77. The lowest BCUT2D eigenvalue weighted by Gasteiger charge is -2.40. The number of nitrogens with one attached hydrogen (secondary N) is 1. The smallest absolute Gasteiger partial charge is 0.339 e. The number of hydrogen-bond acceptors (Lipinski definition) is 8. The molecule has 0 spiro atoms. The van der Waals surface area contributed by atoms with Crippen molar-refractivity contribution in [1.29, 1.82) is 0 Å². The van der Waals surface area contributed by atoms with Crippen LogP contribution in [0.15, 0.2) is 27.4 Å². The Kier molecular flexibility index (Phi) is 4.81. The Morgan fingerprint density at radius 3 is 2.52 bits per heavy atom. The molecule has 8 heteroatoms. The molecule has 2 unspecified atom stereocenters. The number of aliphatic hydroxyl groups is 4. The Balaban J connectivity index is 1.90. The second-order valence-electron chi connectivity index (χ2n) is 6.25. The summed E-state index contributed by atoms with van der Waals surface area (Å²) in [5.74, 6) is 0. The Labute approximate surface area is 143 Å². The summed E-state index contributed by atoms with van der Waals surface area (Å²) in [6.07, 6.45) is -5.21. The van der Waals surface area contributed by atoms with Gasteiger partial charge in [0.1, 0.15) is 29.9 Å². The molecule has 5 N–H and O–H groups in total. The van der Waals surface area contributed by atoms with Crippen molar-refractivity contribution in [2.45, 2.75) is 44.5 Å². The van der Waals surface area contributed by atoms with Crippen molar-refractivity contribution in [3.8, 4) is 0 Å². The number of aliphatic hydroxyl groups excluding tert-OH is 4. The lowest BCUT2D eigenvalue weighted by molar-refractivity contribution is -0.245. The van der Waals surface area contributed by atoms with Crippen LogP contribution in [-0.2, 0) is 4.74 Å². The average molecular weight is 351 g/mol. The maximum atomic E-state index is 11.8. The van der Waals surface area contributed by atoms with Crippen LogP contribution >= 0.6 is 0 Å². The summed E-state index contributed by atoms with van der Waals surface area (Å²) < 4.78 is 10.4. The Hall–Kier alpha value is -1.97. The fourth-order valence-corrected chi connectivity index (χ4v) is 2.98. The summed E-state index contributed by atoms with van der Waals surface area (Å²) in [6, 6.07) is 4.03. The first kappa shape index (κ1) is 17.8. The largest absolute Gasteiger partial charge is 0.422 e. The Bertz CT molecular complexity index is 834. The molecule has 5 atom stereocenters. The Morgan fingerprint density at radius 2 is 1.84 bits per heavy atom. The van der Waals surface area contributed by atoms with Gasteiger partial charge >= 0.3 is 5.63 Å². The van der Waals surface area contributed by atoms with Crippen LogP contribution in [0.4, 0.5) is 5.69 Å². The second kappa shape index (κ2) is 6.74. The van der Waals surface area contributed by atoms with Crippen LogP contribution in [-0.4, -0.2) is 57.7 Å². The first-order chi connectivity index (χ1) is 11.8. The highest BCUT2D eigenvalue weighted by Crippen LogP contribution is 2.26. The zero-order valence-corrected chi connectivity index (χ0v) is 13.8. The van der Waals surface area contributed by atoms with Crippen molar-refractivity contribution >= 4 is 16.7 Å². The molecule has 1 saturated heterocycles. The molecule has 0 radical (unpaired) electrons. The van der Waals surface area contributed by atoms with Crippen molar-refractivity contribution < 1.29 is 29.6 Å². The van der Waals surface area contributed by atoms with Crippen LogP contribution < -0.4 is 10.9 Å². The van der Waals surface area contributed by atoms with Gasteiger partial charge < -0.3 is 34.9 Å². The summed E-state index contributed by atoms with van der Waals surface area (Å²) in [4.78, 5) is 11.8. The number of aryl methyl sites for hydroxylation is 1. The molecule has 136 valence electrons. The molecule has 1 aliphatic heterocycles. The van der Waals surface area contributed by atoms with E-state index < -0.39 is 42.9 Å². The van der Waals surface area contributed by atoms with Gasteiger partial charge in [-0.3, -0.25) is 0 Å². The molecule has 0 saturated carbocycles. The predicted octanol–water partition coefficient (Wildman–Crippen LogP) is -0.378. The van der Waals surface area contributed by atoms with Gasteiger partial charge in [-0.1, -0.05) is 0 Å². The minimum atomic E-state index is -1.43. The van der Waals surface area contributed by atoms with E-state index in [0.29, 0.717) is 16.8 Å². The van der Waals surface area contributed by atoms with Gasteiger partial charge in [0.05, 0.1) is 6.61 Å². The van der Waals surface area contributed by atoms with Crippen LogP contribution in [0, 0.1) is 13.8 Å². The molecule has 2 aromatic rings. The normalized spacial score (nSPS) is 29.8. The van der Waals surface area contributed by atoms with E-state index in [0.717, 1.165) is 10.9 Å². The van der Waals surface area contributed by atoms with Crippen LogP contribution in [0.25, 0.3) is 11.0 Å². The lowest BCUT2D eigenvalue weighted by Crippen LogP contribution is -2.61. The van der Waals surface area contributed by atoms with Gasteiger partial charge in [0, 0.05) is 22.7 Å². The van der Waals surface area contributed by atoms with E-state index in [1.807, 2.05) is 6.92 Å². The second-order valence-corrected chi connectivity index (χ2v) is 6.25. The molecule has 0 aliphatic carbocycles. The predicted molar refractivity (Wildman–Crippen MR) is 89.3 cm³/mol. The SMILES string of the molecule is Cc1c(C)c2ccc(NC3[C@@H](O)OC(CO)[C@H](O)[C@H]3O)cc2oc1=O. The summed E-state index contributed by atoms with van der Waals surface area (Å²) in [6.45, 7) is 3.00. The van der Waals surface area contributed by atoms with Gasteiger partial charge in [0.25, 0.3) is 0 Å². The topological polar surface area (TPSA) is 132 Å². The number of benzene rings is 1. The van der Waals surface area contributed by atoms with Crippen LogP contribution in [0.3, 0.4) is 0 Å². The molecule has 1 aromatic carbocycles. The quantitative estimate of drug-likeness (QED) is 0.473. The van der Waals surface area contributed by atoms with Crippen molar-refractivity contribution in [3.63, 3.8) is 0 Å². The van der Waals surface area contributed by atoms with Gasteiger partial charge in [-0.15, -0.1) is 0 Å². The number of ether oxygens (including phenoxy) is 1. The highest BCUT2D eigenvalue weighted by Gasteiger charge is 2.43. The van der Waals surface area contributed by atoms with E-state index in [2.05, 4.69) is 5.32 Å². The molecule has 1 aliphatic rings. The van der Waals surface area contributed by atoms with E-state index in [1.165, 1.54) is 0 Å². The van der Waals surface area contributed by atoms with Gasteiger partial charge in [0.15, 0.2) is 6.29 Å². The molecular weight excluding hydrogens is 330 g/mol. The minimum Gasteiger partial charge on any atom is -0.422 e.